The highest BCUT2D eigenvalue weighted by Crippen LogP contribution is 2.23. The van der Waals surface area contributed by atoms with Gasteiger partial charge in [0.1, 0.15) is 0 Å². The van der Waals surface area contributed by atoms with Gasteiger partial charge in [-0.2, -0.15) is 5.10 Å². The third kappa shape index (κ3) is 2.23. The topological polar surface area (TPSA) is 72.9 Å². The van der Waals surface area contributed by atoms with Gasteiger partial charge in [-0.1, -0.05) is 23.7 Å². The fourth-order valence-electron chi connectivity index (χ4n) is 1.68. The van der Waals surface area contributed by atoms with Crippen molar-refractivity contribution in [3.63, 3.8) is 0 Å². The van der Waals surface area contributed by atoms with Crippen molar-refractivity contribution in [1.29, 1.82) is 0 Å². The molecule has 0 atom stereocenters. The zero-order chi connectivity index (χ0) is 13.1. The zero-order valence-corrected chi connectivity index (χ0v) is 10.6. The van der Waals surface area contributed by atoms with Crippen molar-refractivity contribution in [2.24, 2.45) is 5.73 Å². The van der Waals surface area contributed by atoms with Gasteiger partial charge in [-0.3, -0.25) is 4.79 Å². The minimum atomic E-state index is -0.241. The number of nitrogens with one attached hydrogen (secondary N) is 1. The molecule has 0 spiro atoms. The Kier molecular flexibility index (Phi) is 3.64. The highest BCUT2D eigenvalue weighted by atomic mass is 35.5. The van der Waals surface area contributed by atoms with Crippen LogP contribution in [-0.4, -0.2) is 22.7 Å². The molecule has 0 saturated heterocycles. The third-order valence-electron chi connectivity index (χ3n) is 2.57. The molecule has 0 fully saturated rings. The molecular weight excluding hydrogens is 252 g/mol. The number of rotatable bonds is 3. The predicted octanol–water partition coefficient (Wildman–Crippen LogP) is 1.34. The van der Waals surface area contributed by atoms with E-state index in [4.69, 9.17) is 17.3 Å². The van der Waals surface area contributed by atoms with Crippen LogP contribution in [0.5, 0.6) is 0 Å². The minimum Gasteiger partial charge on any atom is -0.354 e. The first-order valence-corrected chi connectivity index (χ1v) is 5.80. The maximum absolute atomic E-state index is 11.5. The molecule has 6 heteroatoms. The molecule has 0 bridgehead atoms. The van der Waals surface area contributed by atoms with Crippen LogP contribution in [0.4, 0.5) is 0 Å². The van der Waals surface area contributed by atoms with Crippen molar-refractivity contribution in [3.8, 4) is 5.69 Å². The molecule has 0 aliphatic rings. The van der Waals surface area contributed by atoms with Crippen molar-refractivity contribution < 1.29 is 4.79 Å². The molecule has 1 amide bonds. The maximum Gasteiger partial charge on any atom is 0.271 e. The van der Waals surface area contributed by atoms with Crippen molar-refractivity contribution in [1.82, 2.24) is 15.1 Å². The van der Waals surface area contributed by atoms with Gasteiger partial charge in [0.15, 0.2) is 5.69 Å². The van der Waals surface area contributed by atoms with E-state index in [1.165, 1.54) is 0 Å². The Bertz CT molecular complexity index is 579. The monoisotopic (exact) mass is 264 g/mol. The van der Waals surface area contributed by atoms with E-state index in [9.17, 15) is 4.79 Å². The van der Waals surface area contributed by atoms with Crippen molar-refractivity contribution in [2.75, 3.05) is 7.05 Å². The van der Waals surface area contributed by atoms with E-state index in [2.05, 4.69) is 10.4 Å². The molecule has 2 rings (SSSR count). The normalized spacial score (nSPS) is 10.4. The van der Waals surface area contributed by atoms with Crippen LogP contribution in [0.3, 0.4) is 0 Å². The number of aromatic nitrogens is 2. The Labute approximate surface area is 110 Å². The van der Waals surface area contributed by atoms with E-state index in [-0.39, 0.29) is 5.91 Å². The summed E-state index contributed by atoms with van der Waals surface area (Å²) < 4.78 is 1.56. The van der Waals surface area contributed by atoms with E-state index < -0.39 is 0 Å². The van der Waals surface area contributed by atoms with E-state index >= 15 is 0 Å². The molecular formula is C12H13ClN4O. The lowest BCUT2D eigenvalue weighted by molar-refractivity contribution is 0.0957. The highest BCUT2D eigenvalue weighted by molar-refractivity contribution is 6.32. The van der Waals surface area contributed by atoms with E-state index in [0.29, 0.717) is 22.9 Å². The van der Waals surface area contributed by atoms with Crippen LogP contribution in [0.15, 0.2) is 30.5 Å². The standard InChI is InChI=1S/C12H13ClN4O/c1-15-12(18)10-5-6-17(16-10)11-8(7-14)3-2-4-9(11)13/h2-6H,7,14H2,1H3,(H,15,18). The van der Waals surface area contributed by atoms with Crippen LogP contribution in [0.1, 0.15) is 16.1 Å². The molecule has 3 N–H and O–H groups in total. The zero-order valence-electron chi connectivity index (χ0n) is 9.85. The second-order valence-corrected chi connectivity index (χ2v) is 4.08. The Morgan fingerprint density at radius 2 is 2.28 bits per heavy atom. The third-order valence-corrected chi connectivity index (χ3v) is 2.87. The number of hydrogen-bond donors (Lipinski definition) is 2. The fraction of sp³-hybridized carbons (Fsp3) is 0.167. The first-order chi connectivity index (χ1) is 8.67. The van der Waals surface area contributed by atoms with Gasteiger partial charge in [0.2, 0.25) is 0 Å². The molecule has 18 heavy (non-hydrogen) atoms. The number of carbonyl (C=O) groups excluding carboxylic acids is 1. The van der Waals surface area contributed by atoms with Gasteiger partial charge in [0.05, 0.1) is 10.7 Å². The summed E-state index contributed by atoms with van der Waals surface area (Å²) in [4.78, 5) is 11.5. The van der Waals surface area contributed by atoms with Gasteiger partial charge in [-0.15, -0.1) is 0 Å². The van der Waals surface area contributed by atoms with Crippen LogP contribution < -0.4 is 11.1 Å². The van der Waals surface area contributed by atoms with Crippen LogP contribution in [0.2, 0.25) is 5.02 Å². The van der Waals surface area contributed by atoms with Gasteiger partial charge in [-0.25, -0.2) is 4.68 Å². The van der Waals surface area contributed by atoms with E-state index in [1.54, 1.807) is 30.1 Å². The molecule has 1 heterocycles. The Morgan fingerprint density at radius 1 is 1.50 bits per heavy atom. The largest absolute Gasteiger partial charge is 0.354 e. The summed E-state index contributed by atoms with van der Waals surface area (Å²) in [5.41, 5.74) is 7.58. The quantitative estimate of drug-likeness (QED) is 0.879. The number of carbonyl (C=O) groups is 1. The number of para-hydroxylation sites is 1. The van der Waals surface area contributed by atoms with Gasteiger partial charge >= 0.3 is 0 Å². The van der Waals surface area contributed by atoms with Gasteiger partial charge in [-0.05, 0) is 17.7 Å². The van der Waals surface area contributed by atoms with Gasteiger partial charge in [0.25, 0.3) is 5.91 Å². The predicted molar refractivity (Wildman–Crippen MR) is 69.9 cm³/mol. The molecule has 0 aliphatic carbocycles. The molecule has 94 valence electrons. The molecule has 0 unspecified atom stereocenters. The molecule has 0 saturated carbocycles. The second kappa shape index (κ2) is 5.20. The average molecular weight is 265 g/mol. The minimum absolute atomic E-state index is 0.241. The number of amides is 1. The second-order valence-electron chi connectivity index (χ2n) is 3.68. The molecule has 1 aromatic heterocycles. The number of hydrogen-bond acceptors (Lipinski definition) is 3. The van der Waals surface area contributed by atoms with Crippen LogP contribution >= 0.6 is 11.6 Å². The summed E-state index contributed by atoms with van der Waals surface area (Å²) in [7, 11) is 1.56. The Balaban J connectivity index is 2.49. The summed E-state index contributed by atoms with van der Waals surface area (Å²) in [6.07, 6.45) is 1.69. The summed E-state index contributed by atoms with van der Waals surface area (Å²) in [5, 5.41) is 7.25. The highest BCUT2D eigenvalue weighted by Gasteiger charge is 2.12. The van der Waals surface area contributed by atoms with Crippen LogP contribution in [0, 0.1) is 0 Å². The van der Waals surface area contributed by atoms with Crippen LogP contribution in [0.25, 0.3) is 5.69 Å². The number of nitrogens with two attached hydrogens (primary N) is 1. The van der Waals surface area contributed by atoms with Gasteiger partial charge < -0.3 is 11.1 Å². The molecule has 1 aromatic carbocycles. The number of benzene rings is 1. The average Bonchev–Trinajstić information content (AvgIpc) is 2.86. The SMILES string of the molecule is CNC(=O)c1ccn(-c2c(Cl)cccc2CN)n1. The number of nitrogens with zero attached hydrogens (tertiary/aromatic N) is 2. The molecule has 2 aromatic rings. The van der Waals surface area contributed by atoms with Crippen molar-refractivity contribution in [3.05, 3.63) is 46.7 Å². The molecule has 0 radical (unpaired) electrons. The fourth-order valence-corrected chi connectivity index (χ4v) is 1.96. The number of halogens is 1. The Morgan fingerprint density at radius 3 is 2.94 bits per heavy atom. The summed E-state index contributed by atoms with van der Waals surface area (Å²) >= 11 is 6.15. The lowest BCUT2D eigenvalue weighted by Crippen LogP contribution is -2.18. The van der Waals surface area contributed by atoms with Gasteiger partial charge in [0, 0.05) is 19.8 Å². The van der Waals surface area contributed by atoms with E-state index in [1.807, 2.05) is 12.1 Å². The molecule has 5 nitrogen and oxygen atoms in total. The van der Waals surface area contributed by atoms with Crippen LogP contribution in [-0.2, 0) is 6.54 Å². The summed E-state index contributed by atoms with van der Waals surface area (Å²) in [6.45, 7) is 0.352. The summed E-state index contributed by atoms with van der Waals surface area (Å²) in [6, 6.07) is 7.10. The first kappa shape index (κ1) is 12.6. The smallest absolute Gasteiger partial charge is 0.271 e. The lowest BCUT2D eigenvalue weighted by atomic mass is 10.2. The van der Waals surface area contributed by atoms with E-state index in [0.717, 1.165) is 5.56 Å². The molecule has 0 aliphatic heterocycles. The van der Waals surface area contributed by atoms with Crippen molar-refractivity contribution in [2.45, 2.75) is 6.54 Å². The Hall–Kier alpha value is -1.85. The summed E-state index contributed by atoms with van der Waals surface area (Å²) in [5.74, 6) is -0.241. The first-order valence-electron chi connectivity index (χ1n) is 5.43. The van der Waals surface area contributed by atoms with Crippen molar-refractivity contribution >= 4 is 17.5 Å². The maximum atomic E-state index is 11.5. The lowest BCUT2D eigenvalue weighted by Gasteiger charge is -2.09.